The van der Waals surface area contributed by atoms with Gasteiger partial charge in [-0.15, -0.1) is 0 Å². The molecule has 12 heteroatoms. The Balaban J connectivity index is 1.93. The summed E-state index contributed by atoms with van der Waals surface area (Å²) in [5.41, 5.74) is -0.0306. The number of rotatable bonds is 18. The second-order valence-electron chi connectivity index (χ2n) is 11.0. The highest BCUT2D eigenvalue weighted by Crippen LogP contribution is 2.35. The molecule has 0 radical (unpaired) electrons. The minimum atomic E-state index is -1.74. The second kappa shape index (κ2) is 17.0. The molecule has 4 unspecified atom stereocenters. The summed E-state index contributed by atoms with van der Waals surface area (Å²) >= 11 is 0. The number of aliphatic hydroxyl groups excluding tert-OH is 1. The summed E-state index contributed by atoms with van der Waals surface area (Å²) in [5.74, 6) is -3.22. The molecule has 2 amide bonds. The van der Waals surface area contributed by atoms with Crippen molar-refractivity contribution in [2.45, 2.75) is 84.0 Å². The Hall–Kier alpha value is -3.45. The normalized spacial score (nSPS) is 18.4. The van der Waals surface area contributed by atoms with E-state index in [0.717, 1.165) is 36.6 Å². The van der Waals surface area contributed by atoms with Gasteiger partial charge in [0.25, 0.3) is 5.91 Å². The van der Waals surface area contributed by atoms with Gasteiger partial charge >= 0.3 is 12.1 Å². The lowest BCUT2D eigenvalue weighted by atomic mass is 9.88. The van der Waals surface area contributed by atoms with Crippen LogP contribution in [-0.4, -0.2) is 96.4 Å². The van der Waals surface area contributed by atoms with Crippen molar-refractivity contribution in [1.29, 1.82) is 0 Å². The predicted octanol–water partition coefficient (Wildman–Crippen LogP) is 2.78. The number of carbonyl (C=O) groups excluding carboxylic acids is 5. The topological polar surface area (TPSA) is 155 Å². The molecule has 1 saturated heterocycles. The molecular formula is C31H43NO11. The molecule has 1 N–H and O–H groups in total. The number of benzene rings is 1. The molecule has 0 bridgehead atoms. The van der Waals surface area contributed by atoms with Gasteiger partial charge in [0.05, 0.1) is 25.9 Å². The van der Waals surface area contributed by atoms with Gasteiger partial charge in [0, 0.05) is 27.1 Å². The molecule has 1 aromatic rings. The number of hydrogen-bond donors (Lipinski definition) is 1. The van der Waals surface area contributed by atoms with Gasteiger partial charge < -0.3 is 28.8 Å². The van der Waals surface area contributed by atoms with Gasteiger partial charge in [-0.05, 0) is 43.9 Å². The summed E-state index contributed by atoms with van der Waals surface area (Å²) in [6.45, 7) is 8.49. The molecule has 0 aromatic heterocycles. The number of ketones is 2. The highest BCUT2D eigenvalue weighted by atomic mass is 16.6. The smallest absolute Gasteiger partial charge is 0.417 e. The van der Waals surface area contributed by atoms with Gasteiger partial charge in [-0.2, -0.15) is 0 Å². The zero-order valence-corrected chi connectivity index (χ0v) is 25.6. The number of methoxy groups -OCH3 is 1. The Morgan fingerprint density at radius 3 is 2.35 bits per heavy atom. The predicted molar refractivity (Wildman–Crippen MR) is 154 cm³/mol. The molecule has 1 aliphatic rings. The average Bonchev–Trinajstić information content (AvgIpc) is 3.21. The molecule has 0 spiro atoms. The highest BCUT2D eigenvalue weighted by Gasteiger charge is 2.54. The fourth-order valence-electron chi connectivity index (χ4n) is 4.88. The fourth-order valence-corrected chi connectivity index (χ4v) is 4.88. The van der Waals surface area contributed by atoms with Crippen LogP contribution in [0, 0.1) is 5.92 Å². The summed E-state index contributed by atoms with van der Waals surface area (Å²) in [6, 6.07) is 8.83. The SMILES string of the molecule is COC(C(=O)N1C(=O)OC(C)(C)C1C(C)C)C(OC(C)=O)C(=O)C=CC(=O)CCCOCC(CO)OCc1ccccc1. The molecule has 12 nitrogen and oxygen atoms in total. The molecule has 238 valence electrons. The number of hydrogen-bond acceptors (Lipinski definition) is 11. The molecule has 43 heavy (non-hydrogen) atoms. The first-order valence-corrected chi connectivity index (χ1v) is 14.2. The number of imide groups is 1. The quantitative estimate of drug-likeness (QED) is 0.149. The van der Waals surface area contributed by atoms with Gasteiger partial charge in [-0.1, -0.05) is 44.2 Å². The molecule has 1 aromatic carbocycles. The Labute approximate surface area is 252 Å². The first-order valence-electron chi connectivity index (χ1n) is 14.2. The zero-order valence-electron chi connectivity index (χ0n) is 25.6. The summed E-state index contributed by atoms with van der Waals surface area (Å²) in [6.07, 6.45) is -2.48. The number of carbonyl (C=O) groups is 5. The first kappa shape index (κ1) is 35.7. The lowest BCUT2D eigenvalue weighted by Gasteiger charge is -2.33. The summed E-state index contributed by atoms with van der Waals surface area (Å²) in [7, 11) is 1.15. The third-order valence-corrected chi connectivity index (χ3v) is 6.73. The van der Waals surface area contributed by atoms with Gasteiger partial charge in [0.2, 0.25) is 0 Å². The van der Waals surface area contributed by atoms with Crippen LogP contribution in [0.15, 0.2) is 42.5 Å². The number of nitrogens with zero attached hydrogens (tertiary/aromatic N) is 1. The van der Waals surface area contributed by atoms with Crippen LogP contribution >= 0.6 is 0 Å². The number of ether oxygens (including phenoxy) is 5. The van der Waals surface area contributed by atoms with Crippen LogP contribution in [0.1, 0.15) is 53.0 Å². The summed E-state index contributed by atoms with van der Waals surface area (Å²) in [5, 5.41) is 9.51. The standard InChI is InChI=1S/C31H43NO11/c1-20(2)28-31(4,5)43-30(38)32(28)29(37)27(39-6)26(42-21(3)34)25(36)15-14-23(35)13-10-16-40-19-24(17-33)41-18-22-11-8-7-9-12-22/h7-9,11-12,14-15,20,24,26-28,33H,10,13,16-19H2,1-6H3. The molecule has 0 aliphatic carbocycles. The molecule has 1 fully saturated rings. The Kier molecular flexibility index (Phi) is 14.1. The van der Waals surface area contributed by atoms with Crippen LogP contribution in [-0.2, 0) is 49.5 Å². The number of amides is 2. The van der Waals surface area contributed by atoms with E-state index in [4.69, 9.17) is 23.7 Å². The maximum Gasteiger partial charge on any atom is 0.417 e. The molecule has 2 rings (SSSR count). The summed E-state index contributed by atoms with van der Waals surface area (Å²) in [4.78, 5) is 64.2. The number of allylic oxidation sites excluding steroid dienone is 1. The van der Waals surface area contributed by atoms with E-state index in [1.807, 2.05) is 44.2 Å². The molecular weight excluding hydrogens is 562 g/mol. The van der Waals surface area contributed by atoms with Crippen molar-refractivity contribution in [3.8, 4) is 0 Å². The summed E-state index contributed by atoms with van der Waals surface area (Å²) < 4.78 is 26.9. The maximum absolute atomic E-state index is 13.5. The Bertz CT molecular complexity index is 1130. The third-order valence-electron chi connectivity index (χ3n) is 6.73. The van der Waals surface area contributed by atoms with Crippen molar-refractivity contribution in [3.63, 3.8) is 0 Å². The fraction of sp³-hybridized carbons (Fsp3) is 0.581. The minimum Gasteiger partial charge on any atom is -0.451 e. The lowest BCUT2D eigenvalue weighted by Crippen LogP contribution is -2.55. The number of cyclic esters (lactones) is 1. The van der Waals surface area contributed by atoms with E-state index in [2.05, 4.69) is 0 Å². The Morgan fingerprint density at radius 2 is 1.77 bits per heavy atom. The average molecular weight is 606 g/mol. The van der Waals surface area contributed by atoms with Crippen molar-refractivity contribution >= 4 is 29.5 Å². The van der Waals surface area contributed by atoms with Crippen LogP contribution in [0.5, 0.6) is 0 Å². The van der Waals surface area contributed by atoms with Crippen molar-refractivity contribution < 1.29 is 52.8 Å². The maximum atomic E-state index is 13.5. The van der Waals surface area contributed by atoms with E-state index in [0.29, 0.717) is 13.0 Å². The molecule has 1 heterocycles. The van der Waals surface area contributed by atoms with Crippen molar-refractivity contribution in [2.75, 3.05) is 26.9 Å². The van der Waals surface area contributed by atoms with Gasteiger partial charge in [0.15, 0.2) is 23.8 Å². The highest BCUT2D eigenvalue weighted by molar-refractivity contribution is 6.05. The molecule has 1 aliphatic heterocycles. The van der Waals surface area contributed by atoms with E-state index < -0.39 is 59.5 Å². The third kappa shape index (κ3) is 10.6. The van der Waals surface area contributed by atoms with E-state index >= 15 is 0 Å². The first-order chi connectivity index (χ1) is 20.3. The van der Waals surface area contributed by atoms with Crippen LogP contribution in [0.2, 0.25) is 0 Å². The van der Waals surface area contributed by atoms with Gasteiger partial charge in [0.1, 0.15) is 11.7 Å². The van der Waals surface area contributed by atoms with Crippen molar-refractivity contribution in [2.24, 2.45) is 5.92 Å². The van der Waals surface area contributed by atoms with Crippen LogP contribution in [0.25, 0.3) is 0 Å². The van der Waals surface area contributed by atoms with Crippen LogP contribution in [0.4, 0.5) is 4.79 Å². The Morgan fingerprint density at radius 1 is 1.09 bits per heavy atom. The molecule has 4 atom stereocenters. The van der Waals surface area contributed by atoms with Crippen molar-refractivity contribution in [1.82, 2.24) is 4.90 Å². The largest absolute Gasteiger partial charge is 0.451 e. The number of esters is 1. The van der Waals surface area contributed by atoms with Gasteiger partial charge in [-0.25, -0.2) is 9.69 Å². The van der Waals surface area contributed by atoms with E-state index in [9.17, 15) is 29.1 Å². The van der Waals surface area contributed by atoms with Gasteiger partial charge in [-0.3, -0.25) is 19.2 Å². The van der Waals surface area contributed by atoms with Crippen molar-refractivity contribution in [3.05, 3.63) is 48.0 Å². The van der Waals surface area contributed by atoms with Crippen LogP contribution < -0.4 is 0 Å². The van der Waals surface area contributed by atoms with E-state index in [1.165, 1.54) is 0 Å². The minimum absolute atomic E-state index is 0.0497. The van der Waals surface area contributed by atoms with E-state index in [1.54, 1.807) is 13.8 Å². The lowest BCUT2D eigenvalue weighted by molar-refractivity contribution is -0.166. The van der Waals surface area contributed by atoms with E-state index in [-0.39, 0.29) is 32.2 Å². The number of aliphatic hydroxyl groups is 1. The monoisotopic (exact) mass is 605 g/mol. The molecule has 0 saturated carbocycles. The zero-order chi connectivity index (χ0) is 32.2. The second-order valence-corrected chi connectivity index (χ2v) is 11.0. The van der Waals surface area contributed by atoms with Crippen LogP contribution in [0.3, 0.4) is 0 Å².